The fraction of sp³-hybridized carbons (Fsp3) is 0.556. The van der Waals surface area contributed by atoms with Gasteiger partial charge in [0.1, 0.15) is 6.54 Å². The highest BCUT2D eigenvalue weighted by atomic mass is 79.9. The van der Waals surface area contributed by atoms with E-state index in [0.717, 1.165) is 30.2 Å². The Labute approximate surface area is 160 Å². The molecule has 0 aromatic carbocycles. The molecule has 2 aromatic heterocycles. The molecule has 4 heterocycles. The second-order valence-corrected chi connectivity index (χ2v) is 8.25. The molecule has 1 amide bonds. The first-order chi connectivity index (χ1) is 12.4. The Morgan fingerprint density at radius 2 is 1.92 bits per heavy atom. The van der Waals surface area contributed by atoms with Gasteiger partial charge in [-0.05, 0) is 55.5 Å². The number of amides is 1. The number of rotatable bonds is 3. The lowest BCUT2D eigenvalue weighted by Crippen LogP contribution is -2.49. The van der Waals surface area contributed by atoms with E-state index >= 15 is 0 Å². The Morgan fingerprint density at radius 1 is 1.23 bits per heavy atom. The lowest BCUT2D eigenvalue weighted by molar-refractivity contribution is -0.137. The molecule has 2 aliphatic heterocycles. The van der Waals surface area contributed by atoms with Gasteiger partial charge in [-0.3, -0.25) is 18.8 Å². The van der Waals surface area contributed by atoms with Gasteiger partial charge in [-0.15, -0.1) is 0 Å². The number of aryl methyl sites for hydroxylation is 1. The summed E-state index contributed by atoms with van der Waals surface area (Å²) in [6, 6.07) is 0.780. The zero-order valence-corrected chi connectivity index (χ0v) is 16.5. The van der Waals surface area contributed by atoms with E-state index in [1.807, 2.05) is 22.7 Å². The van der Waals surface area contributed by atoms with E-state index in [1.54, 1.807) is 13.1 Å². The van der Waals surface area contributed by atoms with E-state index in [4.69, 9.17) is 0 Å². The van der Waals surface area contributed by atoms with Crippen LogP contribution in [0.15, 0.2) is 28.0 Å². The van der Waals surface area contributed by atoms with Gasteiger partial charge in [0.2, 0.25) is 5.91 Å². The Hall–Kier alpha value is -1.96. The van der Waals surface area contributed by atoms with Crippen molar-refractivity contribution in [1.82, 2.24) is 24.2 Å². The molecule has 4 rings (SSSR count). The number of carbonyl (C=O) groups is 1. The van der Waals surface area contributed by atoms with Gasteiger partial charge >= 0.3 is 0 Å². The first kappa shape index (κ1) is 17.5. The Bertz CT molecular complexity index is 891. The molecule has 0 saturated carbocycles. The number of halogens is 1. The molecule has 138 valence electrons. The molecular formula is C18H22BrN5O2. The Morgan fingerprint density at radius 3 is 2.54 bits per heavy atom. The number of nitrogens with zero attached hydrogens (tertiary/aromatic N) is 5. The molecule has 26 heavy (non-hydrogen) atoms. The van der Waals surface area contributed by atoms with Gasteiger partial charge in [0.05, 0.1) is 23.0 Å². The van der Waals surface area contributed by atoms with Crippen molar-refractivity contribution in [3.05, 3.63) is 44.8 Å². The van der Waals surface area contributed by atoms with E-state index in [-0.39, 0.29) is 30.1 Å². The van der Waals surface area contributed by atoms with Gasteiger partial charge in [-0.1, -0.05) is 0 Å². The van der Waals surface area contributed by atoms with Crippen LogP contribution in [0.1, 0.15) is 43.0 Å². The molecule has 2 fully saturated rings. The lowest BCUT2D eigenvalue weighted by Gasteiger charge is -2.39. The first-order valence-corrected chi connectivity index (χ1v) is 9.77. The largest absolute Gasteiger partial charge is 0.335 e. The molecule has 7 nitrogen and oxygen atoms in total. The minimum absolute atomic E-state index is 0.0183. The smallest absolute Gasteiger partial charge is 0.256 e. The predicted molar refractivity (Wildman–Crippen MR) is 99.8 cm³/mol. The third kappa shape index (κ3) is 3.00. The van der Waals surface area contributed by atoms with Crippen molar-refractivity contribution in [3.8, 4) is 0 Å². The molecular weight excluding hydrogens is 398 g/mol. The van der Waals surface area contributed by atoms with Crippen LogP contribution in [0.2, 0.25) is 0 Å². The van der Waals surface area contributed by atoms with Gasteiger partial charge in [0.15, 0.2) is 0 Å². The summed E-state index contributed by atoms with van der Waals surface area (Å²) in [5, 5.41) is 4.42. The minimum atomic E-state index is -0.130. The van der Waals surface area contributed by atoms with Crippen LogP contribution in [0.3, 0.4) is 0 Å². The van der Waals surface area contributed by atoms with Crippen LogP contribution in [0, 0.1) is 13.8 Å². The molecule has 0 spiro atoms. The van der Waals surface area contributed by atoms with Crippen LogP contribution in [-0.2, 0) is 11.3 Å². The lowest BCUT2D eigenvalue weighted by atomic mass is 9.97. The molecule has 0 radical (unpaired) electrons. The minimum Gasteiger partial charge on any atom is -0.335 e. The predicted octanol–water partition coefficient (Wildman–Crippen LogP) is 2.21. The Balaban J connectivity index is 1.50. The summed E-state index contributed by atoms with van der Waals surface area (Å²) in [4.78, 5) is 31.5. The second kappa shape index (κ2) is 6.64. The number of carbonyl (C=O) groups excluding carboxylic acids is 1. The maximum atomic E-state index is 12.9. The van der Waals surface area contributed by atoms with Crippen LogP contribution in [0.4, 0.5) is 0 Å². The van der Waals surface area contributed by atoms with Crippen molar-refractivity contribution >= 4 is 21.8 Å². The average molecular weight is 420 g/mol. The number of hydrogen-bond donors (Lipinski definition) is 0. The van der Waals surface area contributed by atoms with Gasteiger partial charge in [-0.25, -0.2) is 4.98 Å². The zero-order chi connectivity index (χ0) is 18.4. The van der Waals surface area contributed by atoms with Crippen molar-refractivity contribution in [2.45, 2.75) is 64.2 Å². The van der Waals surface area contributed by atoms with Crippen LogP contribution in [0.5, 0.6) is 0 Å². The third-order valence-corrected chi connectivity index (χ3v) is 6.17. The fourth-order valence-electron chi connectivity index (χ4n) is 4.30. The van der Waals surface area contributed by atoms with E-state index in [0.29, 0.717) is 17.3 Å². The van der Waals surface area contributed by atoms with Crippen LogP contribution >= 0.6 is 15.9 Å². The van der Waals surface area contributed by atoms with E-state index in [2.05, 4.69) is 26.0 Å². The topological polar surface area (TPSA) is 73.0 Å². The van der Waals surface area contributed by atoms with Gasteiger partial charge in [-0.2, -0.15) is 5.10 Å². The summed E-state index contributed by atoms with van der Waals surface area (Å²) in [5.74, 6) is 0.0183. The molecule has 2 aliphatic rings. The summed E-state index contributed by atoms with van der Waals surface area (Å²) >= 11 is 3.45. The fourth-order valence-corrected chi connectivity index (χ4v) is 4.60. The quantitative estimate of drug-likeness (QED) is 0.764. The summed E-state index contributed by atoms with van der Waals surface area (Å²) in [5.41, 5.74) is 1.19. The molecule has 0 aliphatic carbocycles. The highest BCUT2D eigenvalue weighted by Crippen LogP contribution is 2.40. The summed E-state index contributed by atoms with van der Waals surface area (Å²) in [6.45, 7) is 3.63. The summed E-state index contributed by atoms with van der Waals surface area (Å²) in [6.07, 6.45) is 9.16. The maximum absolute atomic E-state index is 12.9. The highest BCUT2D eigenvalue weighted by Gasteiger charge is 2.43. The number of piperidine rings is 1. The second-order valence-electron chi connectivity index (χ2n) is 7.34. The van der Waals surface area contributed by atoms with E-state index in [1.165, 1.54) is 10.9 Å². The monoisotopic (exact) mass is 419 g/mol. The molecule has 0 N–H and O–H groups in total. The van der Waals surface area contributed by atoms with Crippen molar-refractivity contribution in [2.75, 3.05) is 0 Å². The highest BCUT2D eigenvalue weighted by molar-refractivity contribution is 9.10. The van der Waals surface area contributed by atoms with Crippen LogP contribution < -0.4 is 5.56 Å². The van der Waals surface area contributed by atoms with Crippen molar-refractivity contribution in [3.63, 3.8) is 0 Å². The SMILES string of the molecule is Cc1ncn(CC(=O)N2C3CCC2CC(n2cc(Br)cn2)C3)c(=O)c1C. The van der Waals surface area contributed by atoms with Gasteiger partial charge < -0.3 is 4.90 Å². The number of hydrogen-bond acceptors (Lipinski definition) is 4. The van der Waals surface area contributed by atoms with Crippen molar-refractivity contribution < 1.29 is 4.79 Å². The molecule has 2 saturated heterocycles. The average Bonchev–Trinajstić information content (AvgIpc) is 3.16. The molecule has 2 aromatic rings. The summed E-state index contributed by atoms with van der Waals surface area (Å²) in [7, 11) is 0. The van der Waals surface area contributed by atoms with Gasteiger partial charge in [0.25, 0.3) is 5.56 Å². The standard InChI is InChI=1S/C18H22BrN5O2/c1-11-12(2)20-10-22(18(11)26)9-17(25)24-14-3-4-15(24)6-16(5-14)23-8-13(19)7-21-23/h7-8,10,14-16H,3-6,9H2,1-2H3. The first-order valence-electron chi connectivity index (χ1n) is 8.97. The van der Waals surface area contributed by atoms with E-state index in [9.17, 15) is 9.59 Å². The number of aromatic nitrogens is 4. The zero-order valence-electron chi connectivity index (χ0n) is 14.9. The molecule has 8 heteroatoms. The van der Waals surface area contributed by atoms with E-state index < -0.39 is 0 Å². The normalized spacial score (nSPS) is 24.9. The van der Waals surface area contributed by atoms with Crippen LogP contribution in [-0.4, -0.2) is 42.2 Å². The van der Waals surface area contributed by atoms with Crippen LogP contribution in [0.25, 0.3) is 0 Å². The van der Waals surface area contributed by atoms with Gasteiger partial charge in [0, 0.05) is 29.5 Å². The maximum Gasteiger partial charge on any atom is 0.256 e. The molecule has 2 unspecified atom stereocenters. The van der Waals surface area contributed by atoms with Crippen molar-refractivity contribution in [1.29, 1.82) is 0 Å². The van der Waals surface area contributed by atoms with Crippen molar-refractivity contribution in [2.24, 2.45) is 0 Å². The summed E-state index contributed by atoms with van der Waals surface area (Å²) < 4.78 is 4.42. The Kier molecular flexibility index (Phi) is 4.46. The molecule has 2 atom stereocenters. The molecule has 2 bridgehead atoms. The third-order valence-electron chi connectivity index (χ3n) is 5.76. The number of fused-ring (bicyclic) bond motifs is 2.